The Kier molecular flexibility index (Phi) is 24.6. The average Bonchev–Trinajstić information content (AvgIpc) is 4.20. The molecule has 474 valence electrons. The fourth-order valence-electron chi connectivity index (χ4n) is 12.9. The minimum Gasteiger partial charge on any atom is -0.391 e. The van der Waals surface area contributed by atoms with E-state index >= 15 is 0 Å². The summed E-state index contributed by atoms with van der Waals surface area (Å²) in [6.07, 6.45) is 9.14. The quantitative estimate of drug-likeness (QED) is 0.0418. The number of rotatable bonds is 27. The van der Waals surface area contributed by atoms with E-state index < -0.39 is 60.3 Å². The first-order valence-electron chi connectivity index (χ1n) is 31.8. The minimum absolute atomic E-state index is 0.0473. The lowest BCUT2D eigenvalue weighted by molar-refractivity contribution is -0.141. The maximum absolute atomic E-state index is 14.5. The first-order chi connectivity index (χ1) is 42.5. The molecule has 0 aromatic heterocycles. The number of aliphatic hydroxyl groups excluding tert-OH is 2. The van der Waals surface area contributed by atoms with Gasteiger partial charge in [-0.3, -0.25) is 38.4 Å². The van der Waals surface area contributed by atoms with Crippen LogP contribution in [0.5, 0.6) is 0 Å². The molecule has 8 amide bonds. The van der Waals surface area contributed by atoms with Crippen LogP contribution in [0.1, 0.15) is 123 Å². The summed E-state index contributed by atoms with van der Waals surface area (Å²) in [5, 5.41) is 39.6. The molecule has 2 aliphatic carbocycles. The number of carbonyl (C=O) groups is 8. The van der Waals surface area contributed by atoms with Gasteiger partial charge >= 0.3 is 0 Å². The molecule has 0 spiro atoms. The summed E-state index contributed by atoms with van der Waals surface area (Å²) in [5.41, 5.74) is 4.19. The van der Waals surface area contributed by atoms with E-state index in [0.29, 0.717) is 37.1 Å². The molecule has 2 saturated carbocycles. The van der Waals surface area contributed by atoms with Crippen LogP contribution < -0.4 is 31.9 Å². The second-order valence-corrected chi connectivity index (χ2v) is 24.5. The van der Waals surface area contributed by atoms with Crippen LogP contribution in [0.15, 0.2) is 109 Å². The van der Waals surface area contributed by atoms with Crippen molar-refractivity contribution < 1.29 is 48.6 Å². The molecule has 4 aromatic carbocycles. The molecule has 2 saturated heterocycles. The first-order valence-corrected chi connectivity index (χ1v) is 31.8. The van der Waals surface area contributed by atoms with Crippen molar-refractivity contribution in [2.24, 2.45) is 11.8 Å². The smallest absolute Gasteiger partial charge is 0.251 e. The fraction of sp³-hybridized carbons (Fsp3) is 0.529. The van der Waals surface area contributed by atoms with Crippen molar-refractivity contribution in [2.45, 2.75) is 152 Å². The lowest BCUT2D eigenvalue weighted by atomic mass is 9.83. The van der Waals surface area contributed by atoms with Crippen molar-refractivity contribution in [3.63, 3.8) is 0 Å². The van der Waals surface area contributed by atoms with Gasteiger partial charge in [-0.05, 0) is 138 Å². The third kappa shape index (κ3) is 18.3. The number of benzene rings is 4. The van der Waals surface area contributed by atoms with E-state index in [4.69, 9.17) is 0 Å². The van der Waals surface area contributed by atoms with E-state index in [1.54, 1.807) is 96.1 Å². The fourth-order valence-corrected chi connectivity index (χ4v) is 12.9. The first kappa shape index (κ1) is 66.4. The van der Waals surface area contributed by atoms with Gasteiger partial charge in [0.05, 0.1) is 49.5 Å². The van der Waals surface area contributed by atoms with Crippen molar-refractivity contribution in [1.82, 2.24) is 51.5 Å². The van der Waals surface area contributed by atoms with Crippen LogP contribution >= 0.6 is 0 Å². The molecule has 0 bridgehead atoms. The molecular weight excluding hydrogens is 1120 g/mol. The highest BCUT2D eigenvalue weighted by Crippen LogP contribution is 2.32. The highest BCUT2D eigenvalue weighted by Gasteiger charge is 2.44. The number of likely N-dealkylation sites (N-methyl/N-ethyl adjacent to an activating group) is 2. The van der Waals surface area contributed by atoms with Crippen LogP contribution in [0.2, 0.25) is 0 Å². The number of amides is 8. The summed E-state index contributed by atoms with van der Waals surface area (Å²) >= 11 is 0. The van der Waals surface area contributed by atoms with E-state index in [2.05, 4.69) is 31.9 Å². The molecule has 0 radical (unpaired) electrons. The third-order valence-corrected chi connectivity index (χ3v) is 18.4. The summed E-state index contributed by atoms with van der Waals surface area (Å²) in [4.78, 5) is 118. The summed E-state index contributed by atoms with van der Waals surface area (Å²) in [7, 11) is 3.38. The van der Waals surface area contributed by atoms with Gasteiger partial charge in [0.2, 0.25) is 35.4 Å². The lowest BCUT2D eigenvalue weighted by Crippen LogP contribution is -2.58. The van der Waals surface area contributed by atoms with Gasteiger partial charge in [-0.1, -0.05) is 123 Å². The highest BCUT2D eigenvalue weighted by molar-refractivity contribution is 5.98. The lowest BCUT2D eigenvalue weighted by Gasteiger charge is -2.36. The van der Waals surface area contributed by atoms with Crippen LogP contribution in [0.4, 0.5) is 0 Å². The average molecular weight is 1210 g/mol. The molecular formula is C68H92N10O10. The van der Waals surface area contributed by atoms with Gasteiger partial charge in [0.15, 0.2) is 0 Å². The normalized spacial score (nSPS) is 20.2. The van der Waals surface area contributed by atoms with Gasteiger partial charge in [-0.25, -0.2) is 0 Å². The minimum atomic E-state index is -0.810. The number of nitrogens with one attached hydrogen (secondary N) is 6. The summed E-state index contributed by atoms with van der Waals surface area (Å²) in [6.45, 7) is 3.88. The predicted octanol–water partition coefficient (Wildman–Crippen LogP) is 4.23. The van der Waals surface area contributed by atoms with Crippen LogP contribution in [0.3, 0.4) is 0 Å². The number of carbonyl (C=O) groups excluding carboxylic acids is 8. The van der Waals surface area contributed by atoms with Crippen molar-refractivity contribution in [2.75, 3.05) is 66.5 Å². The van der Waals surface area contributed by atoms with Crippen molar-refractivity contribution >= 4 is 47.3 Å². The molecule has 8 rings (SSSR count). The molecule has 20 heteroatoms. The van der Waals surface area contributed by atoms with Crippen molar-refractivity contribution in [3.8, 4) is 11.1 Å². The van der Waals surface area contributed by atoms with Crippen LogP contribution in [0.25, 0.3) is 11.1 Å². The molecule has 8 N–H and O–H groups in total. The Labute approximate surface area is 518 Å². The number of β-amino-alcohol motifs (C(OH)–C–C–N with tert-alkyl or cyclic N) is 2. The van der Waals surface area contributed by atoms with Gasteiger partial charge in [0.25, 0.3) is 11.8 Å². The Hall–Kier alpha value is -7.52. The van der Waals surface area contributed by atoms with Crippen molar-refractivity contribution in [3.05, 3.63) is 131 Å². The molecule has 4 aliphatic rings. The molecule has 4 fully saturated rings. The standard InChI is InChI=1S/C68H92N10O10/c1-45(69-3)63(83)73-61(51-21-13-7-14-22-51)67(87)77-43-57(79)37-55(77)41-75(35-33-47-17-9-5-10-18-47)59(81)39-71-65(85)53-29-25-49(26-30-53)50-27-31-54(32-28-50)66(86)72-40-60(82)76(36-34-48-19-11-6-12-20-48)42-56-38-58(80)44-78(56)68(88)62(52-23-15-8-16-24-52)74-64(84)46(2)70-4/h5-6,9-12,17-20,25-32,45-46,51-52,55-58,61-62,69-70,79-80H,7-8,13-16,21-24,33-44H2,1-4H3,(H,71,85)(H,72,86)(H,73,83)(H,74,84)/t45-,46-,55-,56+,57-,58-,61-,62-/m0/s1. The van der Waals surface area contributed by atoms with E-state index in [0.717, 1.165) is 86.5 Å². The zero-order chi connectivity index (χ0) is 62.7. The van der Waals surface area contributed by atoms with Crippen molar-refractivity contribution in [1.29, 1.82) is 0 Å². The summed E-state index contributed by atoms with van der Waals surface area (Å²) < 4.78 is 0. The van der Waals surface area contributed by atoms with E-state index in [1.165, 1.54) is 0 Å². The molecule has 88 heavy (non-hydrogen) atoms. The van der Waals surface area contributed by atoms with Gasteiger partial charge in [0, 0.05) is 50.4 Å². The Bertz CT molecular complexity index is 2760. The number of aliphatic hydroxyl groups is 2. The Morgan fingerprint density at radius 2 is 0.852 bits per heavy atom. The van der Waals surface area contributed by atoms with E-state index in [1.807, 2.05) is 60.7 Å². The van der Waals surface area contributed by atoms with Crippen LogP contribution in [-0.2, 0) is 41.6 Å². The van der Waals surface area contributed by atoms with Crippen LogP contribution in [0, 0.1) is 11.8 Å². The number of likely N-dealkylation sites (tertiary alicyclic amines) is 2. The van der Waals surface area contributed by atoms with Gasteiger partial charge in [-0.15, -0.1) is 0 Å². The Balaban J connectivity index is 0.876. The number of hydrogen-bond donors (Lipinski definition) is 8. The van der Waals surface area contributed by atoms with Gasteiger partial charge < -0.3 is 61.7 Å². The van der Waals surface area contributed by atoms with Gasteiger partial charge in [-0.2, -0.15) is 0 Å². The number of hydrogen-bond acceptors (Lipinski definition) is 12. The largest absolute Gasteiger partial charge is 0.391 e. The zero-order valence-electron chi connectivity index (χ0n) is 51.7. The second-order valence-electron chi connectivity index (χ2n) is 24.5. The predicted molar refractivity (Wildman–Crippen MR) is 336 cm³/mol. The van der Waals surface area contributed by atoms with E-state index in [9.17, 15) is 48.6 Å². The maximum Gasteiger partial charge on any atom is 0.251 e. The number of nitrogens with zero attached hydrogens (tertiary/aromatic N) is 4. The molecule has 2 aliphatic heterocycles. The zero-order valence-corrected chi connectivity index (χ0v) is 51.7. The SMILES string of the molecule is CN[C@@H](C)C(=O)N[C@H](C(=O)N1C[C@@H](O)C[C@@H]1CN(CCc1ccccc1)C(=O)CNC(=O)c1ccc(-c2ccc(C(=O)NCC(=O)N(CCc3ccccc3)C[C@@H]3C[C@H](O)CN3C(=O)[C@@H](NC(=O)[C@H](C)NC)C3CCCCC3)cc2)cc1)C1CCCCC1. The molecule has 20 nitrogen and oxygen atoms in total. The third-order valence-electron chi connectivity index (χ3n) is 18.4. The monoisotopic (exact) mass is 1210 g/mol. The van der Waals surface area contributed by atoms with Crippen LogP contribution in [-0.4, -0.2) is 192 Å². The molecule has 0 unspecified atom stereocenters. The second kappa shape index (κ2) is 32.6. The van der Waals surface area contributed by atoms with E-state index in [-0.39, 0.29) is 99.4 Å². The maximum atomic E-state index is 14.5. The summed E-state index contributed by atoms with van der Waals surface area (Å²) in [5.74, 6) is -2.79. The molecule has 4 aromatic rings. The summed E-state index contributed by atoms with van der Waals surface area (Å²) in [6, 6.07) is 29.6. The highest BCUT2D eigenvalue weighted by atomic mass is 16.3. The Morgan fingerprint density at radius 1 is 0.500 bits per heavy atom. The molecule has 8 atom stereocenters. The molecule has 2 heterocycles. The van der Waals surface area contributed by atoms with Gasteiger partial charge in [0.1, 0.15) is 12.1 Å². The Morgan fingerprint density at radius 3 is 1.19 bits per heavy atom. The topological polar surface area (TPSA) is 262 Å².